The van der Waals surface area contributed by atoms with Crippen molar-refractivity contribution >= 4 is 69.6 Å². The molecule has 0 aliphatic carbocycles. The molecule has 4 saturated heterocycles. The molecule has 6 atom stereocenters. The number of imide groups is 2. The van der Waals surface area contributed by atoms with E-state index in [-0.39, 0.29) is 22.7 Å². The fraction of sp³-hybridized carbons (Fsp3) is 0.176. The maximum Gasteiger partial charge on any atom is 0.269 e. The smallest absolute Gasteiger partial charge is 0.269 e. The van der Waals surface area contributed by atoms with Gasteiger partial charge in [-0.15, -0.1) is 0 Å². The molecule has 14 nitrogen and oxygen atoms in total. The van der Waals surface area contributed by atoms with Gasteiger partial charge in [-0.05, 0) is 59.7 Å². The summed E-state index contributed by atoms with van der Waals surface area (Å²) in [6.07, 6.45) is 0. The zero-order valence-corrected chi connectivity index (χ0v) is 26.9. The standard InChI is InChI=1S/C34H22Cl2N6O8/c35-19-5-1-17(2-6-19)27-25-29(33(45)37(31(25)43)21-9-13-23(14-10-21)41(47)48)40-28(18-3-7-20(36)8-4-18)26-30(39(27)40)34(46)38(32(26)44)22-11-15-24(16-12-22)42(49)50/h1-16,25-30H. The number of non-ortho nitro benzene ring substituents is 2. The largest absolute Gasteiger partial charge is 0.274 e. The first kappa shape index (κ1) is 31.7. The average Bonchev–Trinajstić information content (AvgIpc) is 3.77. The number of nitrogens with zero attached hydrogens (tertiary/aromatic N) is 6. The van der Waals surface area contributed by atoms with Crippen molar-refractivity contribution in [2.24, 2.45) is 11.8 Å². The molecule has 4 amide bonds. The predicted octanol–water partition coefficient (Wildman–Crippen LogP) is 5.25. The van der Waals surface area contributed by atoms with Crippen molar-refractivity contribution in [2.45, 2.75) is 24.2 Å². The van der Waals surface area contributed by atoms with E-state index < -0.39 is 69.5 Å². The van der Waals surface area contributed by atoms with Gasteiger partial charge in [0.15, 0.2) is 0 Å². The van der Waals surface area contributed by atoms with E-state index in [2.05, 4.69) is 0 Å². The van der Waals surface area contributed by atoms with Crippen LogP contribution in [0.1, 0.15) is 23.2 Å². The third kappa shape index (κ3) is 4.56. The number of benzene rings is 4. The van der Waals surface area contributed by atoms with Crippen LogP contribution in [0.2, 0.25) is 10.0 Å². The van der Waals surface area contributed by atoms with Gasteiger partial charge < -0.3 is 0 Å². The van der Waals surface area contributed by atoms with E-state index in [0.29, 0.717) is 21.2 Å². The number of anilines is 2. The number of nitro groups is 2. The minimum atomic E-state index is -1.17. The number of hydrogen-bond donors (Lipinski definition) is 0. The van der Waals surface area contributed by atoms with Crippen molar-refractivity contribution in [1.82, 2.24) is 10.0 Å². The van der Waals surface area contributed by atoms with Crippen LogP contribution in [0.4, 0.5) is 22.7 Å². The fourth-order valence-corrected chi connectivity index (χ4v) is 8.03. The highest BCUT2D eigenvalue weighted by molar-refractivity contribution is 6.31. The molecule has 4 aliphatic rings. The van der Waals surface area contributed by atoms with Gasteiger partial charge in [0.1, 0.15) is 12.1 Å². The first-order valence-electron chi connectivity index (χ1n) is 15.3. The second-order valence-electron chi connectivity index (χ2n) is 12.3. The van der Waals surface area contributed by atoms with E-state index in [4.69, 9.17) is 23.2 Å². The Hall–Kier alpha value is -5.54. The lowest BCUT2D eigenvalue weighted by molar-refractivity contribution is -0.385. The second kappa shape index (κ2) is 11.5. The number of rotatable bonds is 6. The Balaban J connectivity index is 1.29. The monoisotopic (exact) mass is 712 g/mol. The summed E-state index contributed by atoms with van der Waals surface area (Å²) in [5, 5.41) is 26.8. The quantitative estimate of drug-likeness (QED) is 0.146. The van der Waals surface area contributed by atoms with Gasteiger partial charge >= 0.3 is 0 Å². The zero-order chi connectivity index (χ0) is 35.2. The molecule has 4 aliphatic heterocycles. The fourth-order valence-electron chi connectivity index (χ4n) is 7.77. The number of halogens is 2. The Morgan fingerprint density at radius 3 is 1.08 bits per heavy atom. The number of carbonyl (C=O) groups excluding carboxylic acids is 4. The molecule has 4 heterocycles. The Labute approximate surface area is 292 Å². The zero-order valence-electron chi connectivity index (χ0n) is 25.4. The van der Waals surface area contributed by atoms with E-state index in [9.17, 15) is 39.4 Å². The molecule has 0 bridgehead atoms. The number of carbonyl (C=O) groups is 4. The second-order valence-corrected chi connectivity index (χ2v) is 13.1. The lowest BCUT2D eigenvalue weighted by Crippen LogP contribution is -2.50. The minimum absolute atomic E-state index is 0.139. The summed E-state index contributed by atoms with van der Waals surface area (Å²) in [5.41, 5.74) is 0.956. The summed E-state index contributed by atoms with van der Waals surface area (Å²) in [6.45, 7) is 0. The Kier molecular flexibility index (Phi) is 7.31. The summed E-state index contributed by atoms with van der Waals surface area (Å²) >= 11 is 12.5. The first-order chi connectivity index (χ1) is 24.0. The van der Waals surface area contributed by atoms with Crippen LogP contribution < -0.4 is 9.80 Å². The number of amides is 4. The van der Waals surface area contributed by atoms with Gasteiger partial charge in [0.25, 0.3) is 23.2 Å². The van der Waals surface area contributed by atoms with Crippen LogP contribution in [0.5, 0.6) is 0 Å². The number of hydrogen-bond acceptors (Lipinski definition) is 10. The third-order valence-corrected chi connectivity index (χ3v) is 10.3. The summed E-state index contributed by atoms with van der Waals surface area (Å²) in [6, 6.07) is 19.2. The highest BCUT2D eigenvalue weighted by atomic mass is 35.5. The Morgan fingerprint density at radius 2 is 0.780 bits per heavy atom. The molecule has 0 saturated carbocycles. The summed E-state index contributed by atoms with van der Waals surface area (Å²) in [5.74, 6) is -4.54. The molecule has 4 fully saturated rings. The lowest BCUT2D eigenvalue weighted by Gasteiger charge is -2.35. The van der Waals surface area contributed by atoms with Crippen molar-refractivity contribution in [3.63, 3.8) is 0 Å². The van der Waals surface area contributed by atoms with Gasteiger partial charge in [0, 0.05) is 34.3 Å². The molecule has 4 aromatic rings. The summed E-state index contributed by atoms with van der Waals surface area (Å²) < 4.78 is 0. The minimum Gasteiger partial charge on any atom is -0.274 e. The van der Waals surface area contributed by atoms with E-state index >= 15 is 0 Å². The molecular formula is C34H22Cl2N6O8. The lowest BCUT2D eigenvalue weighted by atomic mass is 9.84. The van der Waals surface area contributed by atoms with Gasteiger partial charge in [-0.1, -0.05) is 47.5 Å². The SMILES string of the molecule is O=C1C2C(C(=O)N1c1ccc([N+](=O)[O-])cc1)N1C(c3ccc(Cl)cc3)C3C(=O)N(c4ccc([N+](=O)[O-])cc4)C(=O)C3N1C2c1ccc(Cl)cc1. The van der Waals surface area contributed by atoms with E-state index in [1.807, 2.05) is 0 Å². The summed E-state index contributed by atoms with van der Waals surface area (Å²) in [4.78, 5) is 81.4. The molecule has 16 heteroatoms. The van der Waals surface area contributed by atoms with Gasteiger partial charge in [-0.3, -0.25) is 39.4 Å². The van der Waals surface area contributed by atoms with Crippen LogP contribution >= 0.6 is 23.2 Å². The average molecular weight is 713 g/mol. The van der Waals surface area contributed by atoms with Crippen molar-refractivity contribution in [2.75, 3.05) is 9.80 Å². The highest BCUT2D eigenvalue weighted by Gasteiger charge is 2.73. The van der Waals surface area contributed by atoms with Crippen LogP contribution in [-0.2, 0) is 19.2 Å². The number of hydrazine groups is 1. The van der Waals surface area contributed by atoms with Crippen molar-refractivity contribution in [3.8, 4) is 0 Å². The molecule has 0 aromatic heterocycles. The first-order valence-corrected chi connectivity index (χ1v) is 16.1. The van der Waals surface area contributed by atoms with Gasteiger partial charge in [-0.25, -0.2) is 19.8 Å². The third-order valence-electron chi connectivity index (χ3n) is 9.79. The van der Waals surface area contributed by atoms with Crippen LogP contribution in [0.3, 0.4) is 0 Å². The van der Waals surface area contributed by atoms with Crippen LogP contribution in [-0.4, -0.2) is 55.6 Å². The van der Waals surface area contributed by atoms with Crippen LogP contribution in [0.15, 0.2) is 97.1 Å². The topological polar surface area (TPSA) is 168 Å². The van der Waals surface area contributed by atoms with E-state index in [1.165, 1.54) is 48.5 Å². The molecule has 0 N–H and O–H groups in total. The number of fused-ring (bicyclic) bond motifs is 5. The molecule has 0 spiro atoms. The maximum absolute atomic E-state index is 14.5. The molecular weight excluding hydrogens is 691 g/mol. The molecule has 8 rings (SSSR count). The van der Waals surface area contributed by atoms with Crippen molar-refractivity contribution in [1.29, 1.82) is 0 Å². The molecule has 0 radical (unpaired) electrons. The van der Waals surface area contributed by atoms with Gasteiger partial charge in [0.2, 0.25) is 11.8 Å². The molecule has 50 heavy (non-hydrogen) atoms. The Bertz CT molecular complexity index is 1980. The van der Waals surface area contributed by atoms with Gasteiger partial charge in [0.05, 0.1) is 45.1 Å². The molecule has 6 unspecified atom stereocenters. The normalized spacial score (nSPS) is 26.0. The molecule has 250 valence electrons. The molecule has 4 aromatic carbocycles. The van der Waals surface area contributed by atoms with Crippen LogP contribution in [0, 0.1) is 32.1 Å². The van der Waals surface area contributed by atoms with Crippen molar-refractivity contribution in [3.05, 3.63) is 138 Å². The Morgan fingerprint density at radius 1 is 0.460 bits per heavy atom. The predicted molar refractivity (Wildman–Crippen MR) is 178 cm³/mol. The van der Waals surface area contributed by atoms with E-state index in [0.717, 1.165) is 9.80 Å². The summed E-state index contributed by atoms with van der Waals surface area (Å²) in [7, 11) is 0. The van der Waals surface area contributed by atoms with Gasteiger partial charge in [-0.2, -0.15) is 0 Å². The highest BCUT2D eigenvalue weighted by Crippen LogP contribution is 2.60. The van der Waals surface area contributed by atoms with Crippen molar-refractivity contribution < 1.29 is 29.0 Å². The maximum atomic E-state index is 14.5. The van der Waals surface area contributed by atoms with Crippen LogP contribution in [0.25, 0.3) is 0 Å². The van der Waals surface area contributed by atoms with E-state index in [1.54, 1.807) is 58.5 Å². The number of nitro benzene ring substituents is 2.